The van der Waals surface area contributed by atoms with Gasteiger partial charge in [0.25, 0.3) is 0 Å². The Morgan fingerprint density at radius 3 is 2.65 bits per heavy atom. The van der Waals surface area contributed by atoms with Crippen molar-refractivity contribution in [2.45, 2.75) is 25.7 Å². The van der Waals surface area contributed by atoms with Crippen molar-refractivity contribution < 1.29 is 18.6 Å². The minimum Gasteiger partial charge on any atom is -0.493 e. The number of methoxy groups -OCH3 is 1. The molecule has 31 heavy (non-hydrogen) atoms. The van der Waals surface area contributed by atoms with E-state index in [0.717, 1.165) is 13.0 Å². The van der Waals surface area contributed by atoms with E-state index in [2.05, 4.69) is 15.1 Å². The average molecular weight is 426 g/mol. The Morgan fingerprint density at radius 2 is 1.87 bits per heavy atom. The summed E-state index contributed by atoms with van der Waals surface area (Å²) in [6.45, 7) is 3.96. The van der Waals surface area contributed by atoms with E-state index in [9.17, 15) is 4.39 Å². The van der Waals surface area contributed by atoms with E-state index < -0.39 is 5.82 Å². The molecular formula is C23H27FN4O3. The van der Waals surface area contributed by atoms with Crippen molar-refractivity contribution >= 4 is 16.6 Å². The fraction of sp³-hybridized carbons (Fsp3) is 0.391. The Kier molecular flexibility index (Phi) is 6.66. The van der Waals surface area contributed by atoms with Crippen LogP contribution in [0.15, 0.2) is 36.5 Å². The number of nitrogens with zero attached hydrogens (tertiary/aromatic N) is 3. The van der Waals surface area contributed by atoms with Crippen LogP contribution in [0, 0.1) is 5.82 Å². The van der Waals surface area contributed by atoms with Gasteiger partial charge in [0, 0.05) is 24.4 Å². The molecule has 0 bridgehead atoms. The molecule has 0 radical (unpaired) electrons. The lowest BCUT2D eigenvalue weighted by molar-refractivity contribution is 0.203. The summed E-state index contributed by atoms with van der Waals surface area (Å²) in [7, 11) is 1.58. The molecule has 3 aromatic rings. The molecule has 1 aliphatic rings. The van der Waals surface area contributed by atoms with E-state index in [-0.39, 0.29) is 5.75 Å². The number of aromatic nitrogens is 2. The summed E-state index contributed by atoms with van der Waals surface area (Å²) in [6.07, 6.45) is 6.27. The van der Waals surface area contributed by atoms with Crippen LogP contribution in [0.2, 0.25) is 0 Å². The molecule has 8 heteroatoms. The highest BCUT2D eigenvalue weighted by atomic mass is 19.1. The fourth-order valence-electron chi connectivity index (χ4n) is 3.77. The zero-order chi connectivity index (χ0) is 21.6. The van der Waals surface area contributed by atoms with Gasteiger partial charge in [0.15, 0.2) is 28.8 Å². The van der Waals surface area contributed by atoms with Crippen LogP contribution in [0.5, 0.6) is 23.0 Å². The molecule has 2 heterocycles. The second-order valence-electron chi connectivity index (χ2n) is 7.63. The summed E-state index contributed by atoms with van der Waals surface area (Å²) < 4.78 is 31.4. The predicted molar refractivity (Wildman–Crippen MR) is 117 cm³/mol. The molecule has 4 rings (SSSR count). The highest BCUT2D eigenvalue weighted by molar-refractivity contribution is 5.87. The van der Waals surface area contributed by atoms with Crippen LogP contribution in [0.4, 0.5) is 10.1 Å². The standard InChI is InChI=1S/C23H27FN4O3/c1-29-21-13-17-19(14-22(21)30-11-5-10-28-8-3-2-4-9-28)27-26-15-23(17)31-20-7-6-16(25)12-18(20)24/h6-7,12-15H,2-5,8-11,25H2,1H3. The van der Waals surface area contributed by atoms with Crippen LogP contribution in [-0.4, -0.2) is 48.4 Å². The van der Waals surface area contributed by atoms with Gasteiger partial charge in [0.2, 0.25) is 0 Å². The van der Waals surface area contributed by atoms with Gasteiger partial charge in [0.1, 0.15) is 5.52 Å². The summed E-state index contributed by atoms with van der Waals surface area (Å²) in [6, 6.07) is 7.81. The number of anilines is 1. The van der Waals surface area contributed by atoms with Crippen LogP contribution in [0.1, 0.15) is 25.7 Å². The van der Waals surface area contributed by atoms with E-state index in [1.54, 1.807) is 25.3 Å². The maximum absolute atomic E-state index is 14.2. The van der Waals surface area contributed by atoms with Gasteiger partial charge < -0.3 is 24.8 Å². The van der Waals surface area contributed by atoms with Gasteiger partial charge in [-0.05, 0) is 50.6 Å². The topological polar surface area (TPSA) is 82.7 Å². The van der Waals surface area contributed by atoms with Gasteiger partial charge in [-0.3, -0.25) is 0 Å². The molecule has 1 saturated heterocycles. The first-order valence-electron chi connectivity index (χ1n) is 10.6. The number of nitrogen functional groups attached to an aromatic ring is 1. The van der Waals surface area contributed by atoms with E-state index in [0.29, 0.717) is 40.4 Å². The van der Waals surface area contributed by atoms with E-state index in [1.807, 2.05) is 0 Å². The zero-order valence-electron chi connectivity index (χ0n) is 17.6. The maximum atomic E-state index is 14.2. The summed E-state index contributed by atoms with van der Waals surface area (Å²) >= 11 is 0. The number of piperidine rings is 1. The lowest BCUT2D eigenvalue weighted by Crippen LogP contribution is -2.31. The van der Waals surface area contributed by atoms with Gasteiger partial charge in [-0.1, -0.05) is 6.42 Å². The van der Waals surface area contributed by atoms with Crippen molar-refractivity contribution in [1.82, 2.24) is 15.1 Å². The number of ether oxygens (including phenoxy) is 3. The molecular weight excluding hydrogens is 399 g/mol. The first-order chi connectivity index (χ1) is 15.1. The van der Waals surface area contributed by atoms with Crippen molar-refractivity contribution in [1.29, 1.82) is 0 Å². The predicted octanol–water partition coefficient (Wildman–Crippen LogP) is 4.41. The lowest BCUT2D eigenvalue weighted by Gasteiger charge is -2.26. The quantitative estimate of drug-likeness (QED) is 0.422. The molecule has 0 aliphatic carbocycles. The van der Waals surface area contributed by atoms with Crippen molar-refractivity contribution in [2.24, 2.45) is 0 Å². The number of halogens is 1. The zero-order valence-corrected chi connectivity index (χ0v) is 17.6. The number of rotatable bonds is 8. The molecule has 1 aliphatic heterocycles. The largest absolute Gasteiger partial charge is 0.493 e. The Hall–Kier alpha value is -3.13. The summed E-state index contributed by atoms with van der Waals surface area (Å²) in [5, 5.41) is 8.80. The average Bonchev–Trinajstić information content (AvgIpc) is 2.79. The normalized spacial score (nSPS) is 14.5. The van der Waals surface area contributed by atoms with Crippen LogP contribution in [-0.2, 0) is 0 Å². The molecule has 0 unspecified atom stereocenters. The number of hydrogen-bond donors (Lipinski definition) is 1. The van der Waals surface area contributed by atoms with Crippen LogP contribution < -0.4 is 19.9 Å². The Labute approximate surface area is 180 Å². The summed E-state index contributed by atoms with van der Waals surface area (Å²) in [5.74, 6) is 1.02. The summed E-state index contributed by atoms with van der Waals surface area (Å²) in [4.78, 5) is 2.48. The molecule has 0 amide bonds. The molecule has 1 fully saturated rings. The third kappa shape index (κ3) is 5.14. The molecule has 2 aromatic carbocycles. The molecule has 0 saturated carbocycles. The SMILES string of the molecule is COc1cc2c(Oc3ccc(N)cc3F)cnnc2cc1OCCCN1CCCCC1. The first-order valence-corrected chi connectivity index (χ1v) is 10.6. The van der Waals surface area contributed by atoms with Crippen molar-refractivity contribution in [3.8, 4) is 23.0 Å². The molecule has 0 atom stereocenters. The highest BCUT2D eigenvalue weighted by Crippen LogP contribution is 2.37. The van der Waals surface area contributed by atoms with Gasteiger partial charge in [0.05, 0.1) is 25.3 Å². The summed E-state index contributed by atoms with van der Waals surface area (Å²) in [5.41, 5.74) is 6.50. The highest BCUT2D eigenvalue weighted by Gasteiger charge is 2.15. The van der Waals surface area contributed by atoms with Gasteiger partial charge >= 0.3 is 0 Å². The van der Waals surface area contributed by atoms with E-state index in [4.69, 9.17) is 19.9 Å². The molecule has 164 valence electrons. The molecule has 7 nitrogen and oxygen atoms in total. The molecule has 0 spiro atoms. The van der Waals surface area contributed by atoms with E-state index in [1.165, 1.54) is 50.7 Å². The van der Waals surface area contributed by atoms with Crippen molar-refractivity contribution in [2.75, 3.05) is 39.1 Å². The Bertz CT molecular complexity index is 1040. The van der Waals surface area contributed by atoms with Crippen LogP contribution in [0.3, 0.4) is 0 Å². The molecule has 2 N–H and O–H groups in total. The van der Waals surface area contributed by atoms with Gasteiger partial charge in [-0.15, -0.1) is 0 Å². The Morgan fingerprint density at radius 1 is 1.03 bits per heavy atom. The molecule has 1 aromatic heterocycles. The number of benzene rings is 2. The van der Waals surface area contributed by atoms with Crippen LogP contribution in [0.25, 0.3) is 10.9 Å². The van der Waals surface area contributed by atoms with Crippen molar-refractivity contribution in [3.63, 3.8) is 0 Å². The van der Waals surface area contributed by atoms with Crippen molar-refractivity contribution in [3.05, 3.63) is 42.3 Å². The van der Waals surface area contributed by atoms with Crippen LogP contribution >= 0.6 is 0 Å². The Balaban J connectivity index is 1.49. The number of likely N-dealkylation sites (tertiary alicyclic amines) is 1. The number of fused-ring (bicyclic) bond motifs is 1. The minimum atomic E-state index is -0.550. The second-order valence-corrected chi connectivity index (χ2v) is 7.63. The number of nitrogens with two attached hydrogens (primary N) is 1. The lowest BCUT2D eigenvalue weighted by atomic mass is 10.1. The first kappa shape index (κ1) is 21.1. The fourth-order valence-corrected chi connectivity index (χ4v) is 3.77. The minimum absolute atomic E-state index is 0.0560. The number of hydrogen-bond acceptors (Lipinski definition) is 7. The third-order valence-electron chi connectivity index (χ3n) is 5.39. The van der Waals surface area contributed by atoms with Gasteiger partial charge in [-0.2, -0.15) is 10.2 Å². The monoisotopic (exact) mass is 426 g/mol. The second kappa shape index (κ2) is 9.78. The smallest absolute Gasteiger partial charge is 0.167 e. The maximum Gasteiger partial charge on any atom is 0.167 e. The van der Waals surface area contributed by atoms with E-state index >= 15 is 0 Å². The third-order valence-corrected chi connectivity index (χ3v) is 5.39. The van der Waals surface area contributed by atoms with Gasteiger partial charge in [-0.25, -0.2) is 4.39 Å².